The second kappa shape index (κ2) is 6.67. The number of benzene rings is 1. The van der Waals surface area contributed by atoms with Crippen LogP contribution in [0.2, 0.25) is 0 Å². The predicted octanol–water partition coefficient (Wildman–Crippen LogP) is 1.05. The number of nitrogens with one attached hydrogen (secondary N) is 1. The molecule has 0 atom stereocenters. The number of carbonyl (C=O) groups is 1. The third-order valence-electron chi connectivity index (χ3n) is 5.17. The molecular formula is C17H26N4O. The van der Waals surface area contributed by atoms with E-state index >= 15 is 0 Å². The second-order valence-corrected chi connectivity index (χ2v) is 6.45. The van der Waals surface area contributed by atoms with E-state index in [1.165, 1.54) is 18.4 Å². The summed E-state index contributed by atoms with van der Waals surface area (Å²) in [6.45, 7) is 5.50. The van der Waals surface area contributed by atoms with E-state index in [4.69, 9.17) is 5.73 Å². The first kappa shape index (κ1) is 15.3. The fraction of sp³-hybridized carbons (Fsp3) is 0.588. The van der Waals surface area contributed by atoms with Gasteiger partial charge < -0.3 is 16.0 Å². The Morgan fingerprint density at radius 3 is 2.32 bits per heavy atom. The van der Waals surface area contributed by atoms with E-state index in [1.54, 1.807) is 4.90 Å². The van der Waals surface area contributed by atoms with E-state index in [-0.39, 0.29) is 11.6 Å². The van der Waals surface area contributed by atoms with Crippen LogP contribution in [-0.4, -0.2) is 60.6 Å². The summed E-state index contributed by atoms with van der Waals surface area (Å²) in [6, 6.07) is 10.5. The Morgan fingerprint density at radius 1 is 1.09 bits per heavy atom. The van der Waals surface area contributed by atoms with Gasteiger partial charge in [-0.25, -0.2) is 4.79 Å². The molecular weight excluding hydrogens is 276 g/mol. The number of nitrogens with zero attached hydrogens (tertiary/aromatic N) is 2. The summed E-state index contributed by atoms with van der Waals surface area (Å²) in [5.74, 6) is 0. The number of rotatable bonds is 3. The first-order chi connectivity index (χ1) is 10.7. The zero-order valence-corrected chi connectivity index (χ0v) is 13.1. The van der Waals surface area contributed by atoms with Crippen LogP contribution in [0.3, 0.4) is 0 Å². The summed E-state index contributed by atoms with van der Waals surface area (Å²) in [4.78, 5) is 15.7. The molecule has 0 bridgehead atoms. The average molecular weight is 302 g/mol. The van der Waals surface area contributed by atoms with Crippen LogP contribution < -0.4 is 11.1 Å². The topological polar surface area (TPSA) is 61.6 Å². The van der Waals surface area contributed by atoms with E-state index in [0.29, 0.717) is 0 Å². The molecule has 5 heteroatoms. The minimum atomic E-state index is -0.290. The van der Waals surface area contributed by atoms with Crippen molar-refractivity contribution in [3.05, 3.63) is 35.9 Å². The molecule has 120 valence electrons. The van der Waals surface area contributed by atoms with Crippen molar-refractivity contribution in [1.82, 2.24) is 15.1 Å². The van der Waals surface area contributed by atoms with Crippen LogP contribution in [0.4, 0.5) is 4.79 Å². The number of nitrogens with two attached hydrogens (primary N) is 1. The normalized spacial score (nSPS) is 22.5. The summed E-state index contributed by atoms with van der Waals surface area (Å²) in [5, 5.41) is 3.48. The smallest absolute Gasteiger partial charge is 0.314 e. The maximum Gasteiger partial charge on any atom is 0.314 e. The van der Waals surface area contributed by atoms with Crippen molar-refractivity contribution >= 4 is 6.03 Å². The van der Waals surface area contributed by atoms with Gasteiger partial charge in [0, 0.05) is 31.7 Å². The molecule has 0 saturated carbocycles. The fourth-order valence-electron chi connectivity index (χ4n) is 3.87. The number of amides is 2. The quantitative estimate of drug-likeness (QED) is 0.877. The lowest BCUT2D eigenvalue weighted by Gasteiger charge is -2.50. The summed E-state index contributed by atoms with van der Waals surface area (Å²) < 4.78 is 0. The van der Waals surface area contributed by atoms with Crippen molar-refractivity contribution in [3.63, 3.8) is 0 Å². The van der Waals surface area contributed by atoms with Gasteiger partial charge in [-0.3, -0.25) is 4.90 Å². The van der Waals surface area contributed by atoms with Gasteiger partial charge in [0.25, 0.3) is 0 Å². The van der Waals surface area contributed by atoms with Gasteiger partial charge in [0.1, 0.15) is 0 Å². The first-order valence-electron chi connectivity index (χ1n) is 8.24. The monoisotopic (exact) mass is 302 g/mol. The first-order valence-corrected chi connectivity index (χ1v) is 8.24. The van der Waals surface area contributed by atoms with Gasteiger partial charge in [-0.1, -0.05) is 30.3 Å². The Balaban J connectivity index is 1.74. The molecule has 22 heavy (non-hydrogen) atoms. The molecule has 0 aromatic heterocycles. The van der Waals surface area contributed by atoms with E-state index in [0.717, 1.165) is 45.7 Å². The molecule has 1 aromatic carbocycles. The maximum absolute atomic E-state index is 11.3. The standard InChI is InChI=1S/C17H26N4O/c18-16(22)20-10-12-21(13-11-20)17(6-8-19-9-7-17)14-15-4-2-1-3-5-15/h1-5,19H,6-14H2,(H2,18,22). The SMILES string of the molecule is NC(=O)N1CCN(C2(Cc3ccccc3)CCNCC2)CC1. The number of hydrogen-bond donors (Lipinski definition) is 2. The van der Waals surface area contributed by atoms with Gasteiger partial charge in [-0.15, -0.1) is 0 Å². The molecule has 0 aliphatic carbocycles. The summed E-state index contributed by atoms with van der Waals surface area (Å²) >= 11 is 0. The van der Waals surface area contributed by atoms with E-state index in [9.17, 15) is 4.79 Å². The lowest BCUT2D eigenvalue weighted by molar-refractivity contribution is 0.0216. The molecule has 2 heterocycles. The van der Waals surface area contributed by atoms with Gasteiger partial charge >= 0.3 is 6.03 Å². The van der Waals surface area contributed by atoms with Crippen molar-refractivity contribution in [2.45, 2.75) is 24.8 Å². The van der Waals surface area contributed by atoms with Crippen LogP contribution in [0.5, 0.6) is 0 Å². The van der Waals surface area contributed by atoms with Gasteiger partial charge in [-0.2, -0.15) is 0 Å². The van der Waals surface area contributed by atoms with Gasteiger partial charge in [-0.05, 0) is 37.9 Å². The zero-order valence-electron chi connectivity index (χ0n) is 13.1. The predicted molar refractivity (Wildman–Crippen MR) is 87.7 cm³/mol. The summed E-state index contributed by atoms with van der Waals surface area (Å²) in [6.07, 6.45) is 3.42. The van der Waals surface area contributed by atoms with Gasteiger partial charge in [0.15, 0.2) is 0 Å². The fourth-order valence-corrected chi connectivity index (χ4v) is 3.87. The number of piperazine rings is 1. The van der Waals surface area contributed by atoms with Crippen LogP contribution in [-0.2, 0) is 6.42 Å². The number of hydrogen-bond acceptors (Lipinski definition) is 3. The average Bonchev–Trinajstić information content (AvgIpc) is 2.57. The van der Waals surface area contributed by atoms with Crippen LogP contribution in [0.1, 0.15) is 18.4 Å². The molecule has 2 aliphatic rings. The third-order valence-corrected chi connectivity index (χ3v) is 5.17. The molecule has 1 aromatic rings. The van der Waals surface area contributed by atoms with Crippen molar-refractivity contribution < 1.29 is 4.79 Å². The van der Waals surface area contributed by atoms with Crippen molar-refractivity contribution in [3.8, 4) is 0 Å². The lowest BCUT2D eigenvalue weighted by atomic mass is 9.80. The number of urea groups is 1. The Labute approximate surface area is 132 Å². The van der Waals surface area contributed by atoms with Crippen molar-refractivity contribution in [1.29, 1.82) is 0 Å². The Bertz CT molecular complexity index is 491. The molecule has 2 amide bonds. The molecule has 3 N–H and O–H groups in total. The molecule has 0 radical (unpaired) electrons. The Kier molecular flexibility index (Phi) is 4.64. The molecule has 3 rings (SSSR count). The molecule has 0 unspecified atom stereocenters. The molecule has 2 saturated heterocycles. The minimum absolute atomic E-state index is 0.219. The number of piperidine rings is 1. The van der Waals surface area contributed by atoms with E-state index in [1.807, 2.05) is 0 Å². The molecule has 0 spiro atoms. The second-order valence-electron chi connectivity index (χ2n) is 6.45. The summed E-state index contributed by atoms with van der Waals surface area (Å²) in [5.41, 5.74) is 7.03. The van der Waals surface area contributed by atoms with Crippen LogP contribution >= 0.6 is 0 Å². The highest BCUT2D eigenvalue weighted by Gasteiger charge is 2.39. The zero-order chi connectivity index (χ0) is 15.4. The molecule has 2 fully saturated rings. The van der Waals surface area contributed by atoms with Crippen LogP contribution in [0.25, 0.3) is 0 Å². The Hall–Kier alpha value is -1.59. The highest BCUT2D eigenvalue weighted by atomic mass is 16.2. The number of primary amides is 1. The minimum Gasteiger partial charge on any atom is -0.351 e. The third kappa shape index (κ3) is 3.25. The van der Waals surface area contributed by atoms with Crippen molar-refractivity contribution in [2.24, 2.45) is 5.73 Å². The van der Waals surface area contributed by atoms with Crippen LogP contribution in [0, 0.1) is 0 Å². The highest BCUT2D eigenvalue weighted by Crippen LogP contribution is 2.31. The Morgan fingerprint density at radius 2 is 1.73 bits per heavy atom. The molecule has 2 aliphatic heterocycles. The van der Waals surface area contributed by atoms with E-state index in [2.05, 4.69) is 40.5 Å². The largest absolute Gasteiger partial charge is 0.351 e. The molecule has 5 nitrogen and oxygen atoms in total. The van der Waals surface area contributed by atoms with Gasteiger partial charge in [0.2, 0.25) is 0 Å². The number of carbonyl (C=O) groups excluding carboxylic acids is 1. The van der Waals surface area contributed by atoms with Crippen LogP contribution in [0.15, 0.2) is 30.3 Å². The highest BCUT2D eigenvalue weighted by molar-refractivity contribution is 5.72. The summed E-state index contributed by atoms with van der Waals surface area (Å²) in [7, 11) is 0. The van der Waals surface area contributed by atoms with Crippen molar-refractivity contribution in [2.75, 3.05) is 39.3 Å². The lowest BCUT2D eigenvalue weighted by Crippen LogP contribution is -2.62. The van der Waals surface area contributed by atoms with Gasteiger partial charge in [0.05, 0.1) is 0 Å². The van der Waals surface area contributed by atoms with E-state index < -0.39 is 0 Å². The maximum atomic E-state index is 11.3.